The number of benzene rings is 1. The fourth-order valence-electron chi connectivity index (χ4n) is 3.49. The number of carbonyl (C=O) groups excluding carboxylic acids is 3. The van der Waals surface area contributed by atoms with Gasteiger partial charge in [-0.2, -0.15) is 0 Å². The van der Waals surface area contributed by atoms with E-state index in [-0.39, 0.29) is 6.42 Å². The fourth-order valence-corrected chi connectivity index (χ4v) is 4.80. The van der Waals surface area contributed by atoms with Crippen molar-refractivity contribution in [3.63, 3.8) is 0 Å². The summed E-state index contributed by atoms with van der Waals surface area (Å²) in [6, 6.07) is 5.78. The van der Waals surface area contributed by atoms with Crippen molar-refractivity contribution in [2.75, 3.05) is 11.9 Å². The van der Waals surface area contributed by atoms with Crippen molar-refractivity contribution in [1.82, 2.24) is 0 Å². The zero-order valence-electron chi connectivity index (χ0n) is 15.8. The summed E-state index contributed by atoms with van der Waals surface area (Å²) in [5.41, 5.74) is 7.61. The molecular weight excluding hydrogens is 413 g/mol. The monoisotopic (exact) mass is 431 g/mol. The number of nitrogens with one attached hydrogen (secondary N) is 1. The largest absolute Gasteiger partial charge is 0.453 e. The molecule has 2 amide bonds. The van der Waals surface area contributed by atoms with E-state index in [0.29, 0.717) is 21.8 Å². The topological polar surface area (TPSA) is 120 Å². The summed E-state index contributed by atoms with van der Waals surface area (Å²) in [5.74, 6) is -2.37. The van der Waals surface area contributed by atoms with Crippen LogP contribution in [0.5, 0.6) is 0 Å². The molecule has 2 aromatic rings. The van der Waals surface area contributed by atoms with Crippen LogP contribution in [0.1, 0.15) is 39.2 Å². The molecule has 0 spiro atoms. The van der Waals surface area contributed by atoms with E-state index in [2.05, 4.69) is 10.5 Å². The van der Waals surface area contributed by atoms with Gasteiger partial charge in [0.15, 0.2) is 6.61 Å². The molecule has 0 bridgehead atoms. The first-order valence-corrected chi connectivity index (χ1v) is 10.1. The number of nitrogens with two attached hydrogens (primary N) is 1. The summed E-state index contributed by atoms with van der Waals surface area (Å²) >= 11 is 1.32. The van der Waals surface area contributed by atoms with Gasteiger partial charge in [-0.3, -0.25) is 9.59 Å². The van der Waals surface area contributed by atoms with Gasteiger partial charge in [0.05, 0.1) is 11.3 Å². The van der Waals surface area contributed by atoms with Crippen molar-refractivity contribution in [2.24, 2.45) is 10.9 Å². The Morgan fingerprint density at radius 2 is 2.17 bits per heavy atom. The Bertz CT molecular complexity index is 1060. The summed E-state index contributed by atoms with van der Waals surface area (Å²) in [6.07, 6.45) is 1.64. The van der Waals surface area contributed by atoms with Crippen LogP contribution >= 0.6 is 11.3 Å². The molecule has 3 N–H and O–H groups in total. The van der Waals surface area contributed by atoms with Gasteiger partial charge < -0.3 is 20.6 Å². The molecule has 156 valence electrons. The maximum atomic E-state index is 13.3. The van der Waals surface area contributed by atoms with E-state index in [9.17, 15) is 18.8 Å². The van der Waals surface area contributed by atoms with Gasteiger partial charge in [-0.15, -0.1) is 11.3 Å². The average Bonchev–Trinajstić information content (AvgIpc) is 3.41. The highest BCUT2D eigenvalue weighted by molar-refractivity contribution is 7.17. The Hall–Kier alpha value is -3.27. The van der Waals surface area contributed by atoms with Gasteiger partial charge >= 0.3 is 5.97 Å². The van der Waals surface area contributed by atoms with Crippen molar-refractivity contribution in [1.29, 1.82) is 0 Å². The zero-order chi connectivity index (χ0) is 21.3. The van der Waals surface area contributed by atoms with Crippen molar-refractivity contribution < 1.29 is 28.3 Å². The Balaban J connectivity index is 1.31. The predicted molar refractivity (Wildman–Crippen MR) is 107 cm³/mol. The zero-order valence-corrected chi connectivity index (χ0v) is 16.6. The molecule has 2 aliphatic rings. The molecule has 2 heterocycles. The molecule has 0 fully saturated rings. The molecule has 1 aliphatic carbocycles. The number of ether oxygens (including phenoxy) is 1. The van der Waals surface area contributed by atoms with Crippen LogP contribution in [-0.4, -0.2) is 36.2 Å². The number of nitrogens with zero attached hydrogens (tertiary/aromatic N) is 1. The normalized spacial score (nSPS) is 17.1. The maximum Gasteiger partial charge on any atom is 0.351 e. The number of thiophene rings is 1. The molecular formula is C20H18FN3O5S. The van der Waals surface area contributed by atoms with Crippen LogP contribution in [0.2, 0.25) is 0 Å². The van der Waals surface area contributed by atoms with Crippen LogP contribution in [0, 0.1) is 5.82 Å². The quantitative estimate of drug-likeness (QED) is 0.679. The number of rotatable bonds is 6. The lowest BCUT2D eigenvalue weighted by atomic mass is 10.1. The number of halogens is 1. The molecule has 4 rings (SSSR count). The Labute approximate surface area is 174 Å². The lowest BCUT2D eigenvalue weighted by Gasteiger charge is -2.09. The third kappa shape index (κ3) is 4.04. The molecule has 10 heteroatoms. The molecule has 30 heavy (non-hydrogen) atoms. The molecule has 0 saturated carbocycles. The highest BCUT2D eigenvalue weighted by Gasteiger charge is 2.31. The molecule has 1 aliphatic heterocycles. The summed E-state index contributed by atoms with van der Waals surface area (Å²) in [7, 11) is 0. The molecule has 1 aromatic carbocycles. The van der Waals surface area contributed by atoms with E-state index in [1.165, 1.54) is 29.5 Å². The number of anilines is 1. The molecule has 1 aromatic heterocycles. The second-order valence-corrected chi connectivity index (χ2v) is 8.03. The minimum absolute atomic E-state index is 0.105. The minimum atomic E-state index is -1.01. The smallest absolute Gasteiger partial charge is 0.351 e. The fraction of sp³-hybridized carbons (Fsp3) is 0.300. The molecule has 0 saturated heterocycles. The van der Waals surface area contributed by atoms with E-state index < -0.39 is 36.3 Å². The van der Waals surface area contributed by atoms with Crippen molar-refractivity contribution in [3.8, 4) is 0 Å². The van der Waals surface area contributed by atoms with Gasteiger partial charge in [-0.05, 0) is 37.0 Å². The number of hydrogen-bond acceptors (Lipinski definition) is 7. The van der Waals surface area contributed by atoms with Crippen molar-refractivity contribution in [3.05, 3.63) is 51.7 Å². The molecule has 8 nitrogen and oxygen atoms in total. The number of esters is 1. The van der Waals surface area contributed by atoms with E-state index in [1.54, 1.807) is 6.07 Å². The third-order valence-electron chi connectivity index (χ3n) is 4.86. The van der Waals surface area contributed by atoms with Gasteiger partial charge in [-0.25, -0.2) is 9.18 Å². The lowest BCUT2D eigenvalue weighted by molar-refractivity contribution is -0.157. The van der Waals surface area contributed by atoms with Gasteiger partial charge in [0, 0.05) is 16.9 Å². The average molecular weight is 431 g/mol. The highest BCUT2D eigenvalue weighted by Crippen LogP contribution is 2.38. The summed E-state index contributed by atoms with van der Waals surface area (Å²) in [6.45, 7) is -0.547. The number of fused-ring (bicyclic) bond motifs is 1. The van der Waals surface area contributed by atoms with Gasteiger partial charge in [-0.1, -0.05) is 17.3 Å². The number of hydrogen-bond donors (Lipinski definition) is 2. The number of amides is 2. The second kappa shape index (κ2) is 8.23. The van der Waals surface area contributed by atoms with Crippen molar-refractivity contribution >= 4 is 39.8 Å². The van der Waals surface area contributed by atoms with Gasteiger partial charge in [0.25, 0.3) is 11.8 Å². The van der Waals surface area contributed by atoms with Crippen LogP contribution in [0.4, 0.5) is 9.39 Å². The molecule has 1 unspecified atom stereocenters. The number of aryl methyl sites for hydroxylation is 1. The van der Waals surface area contributed by atoms with E-state index in [4.69, 9.17) is 15.3 Å². The van der Waals surface area contributed by atoms with E-state index >= 15 is 0 Å². The SMILES string of the molecule is NC(=O)c1c(NC(=O)COC(=O)C2CC(c3cccc(F)c3)=NO2)sc2c1CCC2. The van der Waals surface area contributed by atoms with Crippen LogP contribution < -0.4 is 11.1 Å². The minimum Gasteiger partial charge on any atom is -0.453 e. The summed E-state index contributed by atoms with van der Waals surface area (Å²) < 4.78 is 18.3. The summed E-state index contributed by atoms with van der Waals surface area (Å²) in [4.78, 5) is 42.3. The highest BCUT2D eigenvalue weighted by atomic mass is 32.1. The lowest BCUT2D eigenvalue weighted by Crippen LogP contribution is -2.28. The van der Waals surface area contributed by atoms with Crippen LogP contribution in [0.3, 0.4) is 0 Å². The van der Waals surface area contributed by atoms with E-state index in [1.807, 2.05) is 0 Å². The van der Waals surface area contributed by atoms with Gasteiger partial charge in [0.2, 0.25) is 6.10 Å². The Morgan fingerprint density at radius 1 is 1.33 bits per heavy atom. The summed E-state index contributed by atoms with van der Waals surface area (Å²) in [5, 5.41) is 6.78. The van der Waals surface area contributed by atoms with Crippen LogP contribution in [0.25, 0.3) is 0 Å². The number of carbonyl (C=O) groups is 3. The third-order valence-corrected chi connectivity index (χ3v) is 6.06. The van der Waals surface area contributed by atoms with Crippen LogP contribution in [0.15, 0.2) is 29.4 Å². The van der Waals surface area contributed by atoms with Crippen molar-refractivity contribution in [2.45, 2.75) is 31.8 Å². The number of oxime groups is 1. The Kier molecular flexibility index (Phi) is 5.49. The van der Waals surface area contributed by atoms with Gasteiger partial charge in [0.1, 0.15) is 10.8 Å². The maximum absolute atomic E-state index is 13.3. The standard InChI is InChI=1S/C20H18FN3O5S/c21-11-4-1-3-10(7-11)13-8-14(29-24-13)20(27)28-9-16(25)23-19-17(18(22)26)12-5-2-6-15(12)30-19/h1,3-4,7,14H,2,5-6,8-9H2,(H2,22,26)(H,23,25). The Morgan fingerprint density at radius 3 is 2.93 bits per heavy atom. The van der Waals surface area contributed by atoms with E-state index in [0.717, 1.165) is 29.7 Å². The molecule has 1 atom stereocenters. The van der Waals surface area contributed by atoms with Crippen LogP contribution in [-0.2, 0) is 32.0 Å². The number of primary amides is 1. The first kappa shape index (κ1) is 20.0. The second-order valence-electron chi connectivity index (χ2n) is 6.93. The first-order chi connectivity index (χ1) is 14.4. The molecule has 0 radical (unpaired) electrons. The first-order valence-electron chi connectivity index (χ1n) is 9.32. The predicted octanol–water partition coefficient (Wildman–Crippen LogP) is 2.15.